The van der Waals surface area contributed by atoms with Gasteiger partial charge in [-0.2, -0.15) is 0 Å². The predicted octanol–water partition coefficient (Wildman–Crippen LogP) is 6.98. The highest BCUT2D eigenvalue weighted by Crippen LogP contribution is 2.26. The van der Waals surface area contributed by atoms with Crippen molar-refractivity contribution in [2.75, 3.05) is 5.32 Å². The summed E-state index contributed by atoms with van der Waals surface area (Å²) in [6.45, 7) is 0.870. The van der Waals surface area contributed by atoms with E-state index in [1.807, 2.05) is 30.3 Å². The third-order valence-corrected chi connectivity index (χ3v) is 4.82. The number of anilines is 1. The molecule has 3 rings (SSSR count). The van der Waals surface area contributed by atoms with E-state index in [0.29, 0.717) is 27.4 Å². The number of hydrogen-bond acceptors (Lipinski definition) is 2. The smallest absolute Gasteiger partial charge is 0.124 e. The summed E-state index contributed by atoms with van der Waals surface area (Å²) in [5, 5.41) is 4.66. The molecule has 0 unspecified atom stereocenters. The number of ether oxygens (including phenoxy) is 1. The topological polar surface area (TPSA) is 21.3 Å². The summed E-state index contributed by atoms with van der Waals surface area (Å²) < 4.78 is 18.9. The summed E-state index contributed by atoms with van der Waals surface area (Å²) >= 11 is 18.0. The molecule has 3 aromatic carbocycles. The summed E-state index contributed by atoms with van der Waals surface area (Å²) in [5.41, 5.74) is 2.65. The second-order valence-corrected chi connectivity index (χ2v) is 6.88. The number of halogens is 4. The van der Waals surface area contributed by atoms with Gasteiger partial charge in [0, 0.05) is 17.8 Å². The summed E-state index contributed by atoms with van der Waals surface area (Å²) in [5.74, 6) is 0.341. The monoisotopic (exact) mass is 409 g/mol. The van der Waals surface area contributed by atoms with Crippen molar-refractivity contribution in [2.45, 2.75) is 13.2 Å². The number of hydrogen-bond donors (Lipinski definition) is 1. The highest BCUT2D eigenvalue weighted by Gasteiger charge is 2.04. The van der Waals surface area contributed by atoms with Crippen LogP contribution in [0.5, 0.6) is 5.75 Å². The standard InChI is InChI=1S/C20H15Cl3FNO/c21-18-7-6-16(10-20(18)23)25-11-13-2-1-3-17(8-13)26-12-14-4-5-15(24)9-19(14)22/h1-10,25H,11-12H2. The Morgan fingerprint density at radius 1 is 0.846 bits per heavy atom. The molecule has 0 aliphatic carbocycles. The first-order chi connectivity index (χ1) is 12.5. The Balaban J connectivity index is 1.61. The first-order valence-corrected chi connectivity index (χ1v) is 8.99. The fourth-order valence-corrected chi connectivity index (χ4v) is 2.88. The molecule has 0 aliphatic heterocycles. The van der Waals surface area contributed by atoms with Crippen molar-refractivity contribution < 1.29 is 9.13 Å². The summed E-state index contributed by atoms with van der Waals surface area (Å²) in [6.07, 6.45) is 0. The predicted molar refractivity (Wildman–Crippen MR) is 106 cm³/mol. The maximum absolute atomic E-state index is 13.1. The maximum Gasteiger partial charge on any atom is 0.124 e. The minimum atomic E-state index is -0.367. The third-order valence-electron chi connectivity index (χ3n) is 3.72. The molecule has 0 atom stereocenters. The number of benzene rings is 3. The molecule has 3 aromatic rings. The number of rotatable bonds is 6. The highest BCUT2D eigenvalue weighted by molar-refractivity contribution is 6.42. The van der Waals surface area contributed by atoms with Crippen LogP contribution in [0.2, 0.25) is 15.1 Å². The molecule has 6 heteroatoms. The third kappa shape index (κ3) is 5.04. The molecule has 0 bridgehead atoms. The normalized spacial score (nSPS) is 10.6. The van der Waals surface area contributed by atoms with Crippen molar-refractivity contribution in [1.29, 1.82) is 0 Å². The molecule has 0 saturated heterocycles. The molecule has 26 heavy (non-hydrogen) atoms. The van der Waals surface area contributed by atoms with Gasteiger partial charge < -0.3 is 10.1 Å². The van der Waals surface area contributed by atoms with Gasteiger partial charge in [-0.3, -0.25) is 0 Å². The molecule has 1 N–H and O–H groups in total. The fourth-order valence-electron chi connectivity index (χ4n) is 2.36. The molecule has 0 aliphatic rings. The molecule has 0 heterocycles. The van der Waals surface area contributed by atoms with Crippen molar-refractivity contribution in [3.63, 3.8) is 0 Å². The number of nitrogens with one attached hydrogen (secondary N) is 1. The molecule has 0 saturated carbocycles. The average Bonchev–Trinajstić information content (AvgIpc) is 2.62. The van der Waals surface area contributed by atoms with Crippen LogP contribution in [0.15, 0.2) is 60.7 Å². The summed E-state index contributed by atoms with van der Waals surface area (Å²) in [6, 6.07) is 17.3. The van der Waals surface area contributed by atoms with Gasteiger partial charge in [0.2, 0.25) is 0 Å². The van der Waals surface area contributed by atoms with Gasteiger partial charge in [-0.1, -0.05) is 53.0 Å². The van der Waals surface area contributed by atoms with E-state index >= 15 is 0 Å². The van der Waals surface area contributed by atoms with E-state index in [4.69, 9.17) is 39.5 Å². The highest BCUT2D eigenvalue weighted by atomic mass is 35.5. The zero-order valence-electron chi connectivity index (χ0n) is 13.6. The van der Waals surface area contributed by atoms with Gasteiger partial charge in [-0.05, 0) is 48.0 Å². The fraction of sp³-hybridized carbons (Fsp3) is 0.100. The lowest BCUT2D eigenvalue weighted by Crippen LogP contribution is -2.01. The first kappa shape index (κ1) is 18.8. The zero-order chi connectivity index (χ0) is 18.5. The van der Waals surface area contributed by atoms with Gasteiger partial charge in [0.15, 0.2) is 0 Å². The molecular weight excluding hydrogens is 396 g/mol. The summed E-state index contributed by atoms with van der Waals surface area (Å²) in [7, 11) is 0. The quantitative estimate of drug-likeness (QED) is 0.473. The van der Waals surface area contributed by atoms with Gasteiger partial charge in [0.1, 0.15) is 18.2 Å². The Bertz CT molecular complexity index is 917. The van der Waals surface area contributed by atoms with Gasteiger partial charge in [-0.25, -0.2) is 4.39 Å². The molecule has 0 fully saturated rings. The molecule has 0 radical (unpaired) electrons. The maximum atomic E-state index is 13.1. The Morgan fingerprint density at radius 3 is 2.46 bits per heavy atom. The van der Waals surface area contributed by atoms with Crippen LogP contribution in [0.25, 0.3) is 0 Å². The average molecular weight is 411 g/mol. The van der Waals surface area contributed by atoms with Gasteiger partial charge in [0.05, 0.1) is 15.1 Å². The SMILES string of the molecule is Fc1ccc(COc2cccc(CNc3ccc(Cl)c(Cl)c3)c2)c(Cl)c1. The first-order valence-electron chi connectivity index (χ1n) is 7.86. The van der Waals surface area contributed by atoms with Crippen LogP contribution in [-0.4, -0.2) is 0 Å². The van der Waals surface area contributed by atoms with E-state index in [2.05, 4.69) is 5.32 Å². The van der Waals surface area contributed by atoms with Gasteiger partial charge >= 0.3 is 0 Å². The lowest BCUT2D eigenvalue weighted by atomic mass is 10.2. The second kappa shape index (κ2) is 8.63. The van der Waals surface area contributed by atoms with Crippen molar-refractivity contribution in [2.24, 2.45) is 0 Å². The van der Waals surface area contributed by atoms with Crippen molar-refractivity contribution in [1.82, 2.24) is 0 Å². The van der Waals surface area contributed by atoms with Crippen LogP contribution in [0, 0.1) is 5.82 Å². The molecule has 0 spiro atoms. The Hall–Kier alpha value is -1.94. The van der Waals surface area contributed by atoms with Crippen LogP contribution in [-0.2, 0) is 13.2 Å². The Morgan fingerprint density at radius 2 is 1.69 bits per heavy atom. The molecule has 0 amide bonds. The van der Waals surface area contributed by atoms with Crippen LogP contribution >= 0.6 is 34.8 Å². The van der Waals surface area contributed by atoms with E-state index in [1.54, 1.807) is 18.2 Å². The van der Waals surface area contributed by atoms with Crippen LogP contribution < -0.4 is 10.1 Å². The lowest BCUT2D eigenvalue weighted by Gasteiger charge is -2.11. The van der Waals surface area contributed by atoms with Gasteiger partial charge in [-0.15, -0.1) is 0 Å². The molecule has 134 valence electrons. The van der Waals surface area contributed by atoms with Crippen LogP contribution in [0.4, 0.5) is 10.1 Å². The van der Waals surface area contributed by atoms with Gasteiger partial charge in [0.25, 0.3) is 0 Å². The van der Waals surface area contributed by atoms with E-state index < -0.39 is 0 Å². The second-order valence-electron chi connectivity index (χ2n) is 5.65. The van der Waals surface area contributed by atoms with Crippen molar-refractivity contribution >= 4 is 40.5 Å². The van der Waals surface area contributed by atoms with Crippen molar-refractivity contribution in [3.8, 4) is 5.75 Å². The Kier molecular flexibility index (Phi) is 6.25. The zero-order valence-corrected chi connectivity index (χ0v) is 15.9. The Labute approximate surface area is 166 Å². The summed E-state index contributed by atoms with van der Waals surface area (Å²) in [4.78, 5) is 0. The largest absolute Gasteiger partial charge is 0.489 e. The minimum absolute atomic E-state index is 0.267. The lowest BCUT2D eigenvalue weighted by molar-refractivity contribution is 0.306. The molecule has 2 nitrogen and oxygen atoms in total. The molecular formula is C20H15Cl3FNO. The van der Waals surface area contributed by atoms with E-state index in [1.165, 1.54) is 12.1 Å². The van der Waals surface area contributed by atoms with Crippen molar-refractivity contribution in [3.05, 3.63) is 92.7 Å². The van der Waals surface area contributed by atoms with E-state index in [-0.39, 0.29) is 12.4 Å². The van der Waals surface area contributed by atoms with Crippen LogP contribution in [0.1, 0.15) is 11.1 Å². The molecule has 0 aromatic heterocycles. The van der Waals surface area contributed by atoms with E-state index in [0.717, 1.165) is 16.8 Å². The minimum Gasteiger partial charge on any atom is -0.489 e. The van der Waals surface area contributed by atoms with E-state index in [9.17, 15) is 4.39 Å². The van der Waals surface area contributed by atoms with Crippen LogP contribution in [0.3, 0.4) is 0 Å².